The zero-order valence-electron chi connectivity index (χ0n) is 8.96. The lowest BCUT2D eigenvalue weighted by Crippen LogP contribution is -2.11. The fraction of sp³-hybridized carbons (Fsp3) is 0.385. The summed E-state index contributed by atoms with van der Waals surface area (Å²) in [5.41, 5.74) is 8.39. The van der Waals surface area contributed by atoms with Crippen LogP contribution in [0.3, 0.4) is 0 Å². The number of unbranched alkanes of at least 4 members (excludes halogenated alkanes) is 1. The number of nitrogens with two attached hydrogens (primary N) is 1. The van der Waals surface area contributed by atoms with E-state index in [1.807, 2.05) is 25.1 Å². The molecule has 2 N–H and O–H groups in total. The Morgan fingerprint density at radius 1 is 1.53 bits per heavy atom. The second-order valence-electron chi connectivity index (χ2n) is 3.70. The van der Waals surface area contributed by atoms with Crippen LogP contribution in [0, 0.1) is 19.3 Å². The first-order valence-electron chi connectivity index (χ1n) is 5.10. The Hall–Kier alpha value is -0.970. The molecule has 1 unspecified atom stereocenters. The van der Waals surface area contributed by atoms with Gasteiger partial charge in [-0.05, 0) is 43.0 Å². The predicted molar refractivity (Wildman–Crippen MR) is 65.8 cm³/mol. The number of halogens is 1. The Morgan fingerprint density at radius 3 is 2.87 bits per heavy atom. The zero-order valence-corrected chi connectivity index (χ0v) is 9.72. The minimum atomic E-state index is 0.0654. The number of terminal acetylenes is 1. The highest BCUT2D eigenvalue weighted by molar-refractivity contribution is 6.30. The molecule has 1 atom stereocenters. The average molecular weight is 222 g/mol. The molecule has 0 aliphatic heterocycles. The monoisotopic (exact) mass is 221 g/mol. The van der Waals surface area contributed by atoms with Crippen LogP contribution >= 0.6 is 11.6 Å². The third kappa shape index (κ3) is 3.58. The fourth-order valence-electron chi connectivity index (χ4n) is 1.63. The highest BCUT2D eigenvalue weighted by atomic mass is 35.5. The maximum absolute atomic E-state index is 6.08. The molecule has 0 heterocycles. The van der Waals surface area contributed by atoms with E-state index in [2.05, 4.69) is 5.92 Å². The molecule has 1 rings (SSSR count). The second-order valence-corrected chi connectivity index (χ2v) is 4.14. The van der Waals surface area contributed by atoms with Gasteiger partial charge in [0.25, 0.3) is 0 Å². The van der Waals surface area contributed by atoms with Crippen LogP contribution in [0.1, 0.15) is 36.4 Å². The number of rotatable bonds is 4. The molecular weight excluding hydrogens is 206 g/mol. The van der Waals surface area contributed by atoms with E-state index in [0.717, 1.165) is 35.4 Å². The predicted octanol–water partition coefficient (Wildman–Crippen LogP) is 3.45. The van der Waals surface area contributed by atoms with Crippen LogP contribution < -0.4 is 5.73 Å². The normalized spacial score (nSPS) is 12.1. The Morgan fingerprint density at radius 2 is 2.27 bits per heavy atom. The van der Waals surface area contributed by atoms with Crippen LogP contribution in [0.2, 0.25) is 5.02 Å². The minimum Gasteiger partial charge on any atom is -0.324 e. The van der Waals surface area contributed by atoms with E-state index in [1.165, 1.54) is 0 Å². The lowest BCUT2D eigenvalue weighted by atomic mass is 9.98. The maximum atomic E-state index is 6.08. The van der Waals surface area contributed by atoms with Gasteiger partial charge in [-0.15, -0.1) is 12.3 Å². The molecule has 0 saturated carbocycles. The first-order valence-corrected chi connectivity index (χ1v) is 5.48. The van der Waals surface area contributed by atoms with E-state index in [1.54, 1.807) is 0 Å². The van der Waals surface area contributed by atoms with Gasteiger partial charge in [0, 0.05) is 17.5 Å². The summed E-state index contributed by atoms with van der Waals surface area (Å²) < 4.78 is 0. The van der Waals surface area contributed by atoms with Gasteiger partial charge in [0.1, 0.15) is 0 Å². The Labute approximate surface area is 96.6 Å². The molecule has 0 fully saturated rings. The van der Waals surface area contributed by atoms with E-state index in [9.17, 15) is 0 Å². The third-order valence-electron chi connectivity index (χ3n) is 2.47. The molecule has 0 amide bonds. The summed E-state index contributed by atoms with van der Waals surface area (Å²) in [6.45, 7) is 2.03. The summed E-state index contributed by atoms with van der Waals surface area (Å²) in [5.74, 6) is 2.62. The molecule has 15 heavy (non-hydrogen) atoms. The molecule has 0 bridgehead atoms. The lowest BCUT2D eigenvalue weighted by molar-refractivity contribution is 0.618. The van der Waals surface area contributed by atoms with Crippen molar-refractivity contribution in [2.75, 3.05) is 0 Å². The summed E-state index contributed by atoms with van der Waals surface area (Å²) in [5, 5.41) is 0.757. The molecule has 0 aliphatic rings. The van der Waals surface area contributed by atoms with Crippen molar-refractivity contribution in [2.45, 2.75) is 32.2 Å². The zero-order chi connectivity index (χ0) is 11.3. The van der Waals surface area contributed by atoms with E-state index in [-0.39, 0.29) is 6.04 Å². The van der Waals surface area contributed by atoms with Crippen molar-refractivity contribution in [1.82, 2.24) is 0 Å². The van der Waals surface area contributed by atoms with Gasteiger partial charge in [-0.25, -0.2) is 0 Å². The summed E-state index contributed by atoms with van der Waals surface area (Å²) in [6, 6.07) is 5.89. The van der Waals surface area contributed by atoms with Crippen molar-refractivity contribution in [2.24, 2.45) is 5.73 Å². The Kier molecular flexibility index (Phi) is 4.68. The van der Waals surface area contributed by atoms with Crippen LogP contribution in [0.5, 0.6) is 0 Å². The van der Waals surface area contributed by atoms with Gasteiger partial charge in [-0.1, -0.05) is 17.7 Å². The Balaban J connectivity index is 2.66. The first kappa shape index (κ1) is 12.1. The van der Waals surface area contributed by atoms with E-state index >= 15 is 0 Å². The number of hydrogen-bond donors (Lipinski definition) is 1. The van der Waals surface area contributed by atoms with Crippen LogP contribution in [0.15, 0.2) is 18.2 Å². The molecule has 1 aromatic carbocycles. The standard InChI is InChI=1S/C13H16ClN/c1-3-4-5-6-13(15)12-8-7-11(14)9-10(12)2/h1,7-9,13H,4-6,15H2,2H3. The first-order chi connectivity index (χ1) is 7.15. The number of aryl methyl sites for hydroxylation is 1. The maximum Gasteiger partial charge on any atom is 0.0408 e. The molecule has 2 heteroatoms. The average Bonchev–Trinajstić information content (AvgIpc) is 2.17. The topological polar surface area (TPSA) is 26.0 Å². The largest absolute Gasteiger partial charge is 0.324 e. The minimum absolute atomic E-state index is 0.0654. The SMILES string of the molecule is C#CCCCC(N)c1ccc(Cl)cc1C. The quantitative estimate of drug-likeness (QED) is 0.612. The van der Waals surface area contributed by atoms with Gasteiger partial charge >= 0.3 is 0 Å². The fourth-order valence-corrected chi connectivity index (χ4v) is 1.86. The highest BCUT2D eigenvalue weighted by Crippen LogP contribution is 2.23. The van der Waals surface area contributed by atoms with Crippen LogP contribution in [0.25, 0.3) is 0 Å². The molecule has 1 aromatic rings. The summed E-state index contributed by atoms with van der Waals surface area (Å²) in [7, 11) is 0. The molecule has 80 valence electrons. The van der Waals surface area contributed by atoms with Crippen LogP contribution in [-0.2, 0) is 0 Å². The molecule has 1 nitrogen and oxygen atoms in total. The molecule has 0 spiro atoms. The molecule has 0 aliphatic carbocycles. The van der Waals surface area contributed by atoms with E-state index in [0.29, 0.717) is 0 Å². The third-order valence-corrected chi connectivity index (χ3v) is 2.70. The van der Waals surface area contributed by atoms with Crippen molar-refractivity contribution < 1.29 is 0 Å². The van der Waals surface area contributed by atoms with Crippen LogP contribution in [0.4, 0.5) is 0 Å². The van der Waals surface area contributed by atoms with Crippen molar-refractivity contribution in [1.29, 1.82) is 0 Å². The summed E-state index contributed by atoms with van der Waals surface area (Å²) in [4.78, 5) is 0. The van der Waals surface area contributed by atoms with Gasteiger partial charge in [-0.3, -0.25) is 0 Å². The van der Waals surface area contributed by atoms with Crippen molar-refractivity contribution in [3.8, 4) is 12.3 Å². The molecule has 0 saturated heterocycles. The smallest absolute Gasteiger partial charge is 0.0408 e. The van der Waals surface area contributed by atoms with Gasteiger partial charge < -0.3 is 5.73 Å². The van der Waals surface area contributed by atoms with Gasteiger partial charge in [0.2, 0.25) is 0 Å². The molecule has 0 aromatic heterocycles. The van der Waals surface area contributed by atoms with Crippen molar-refractivity contribution in [3.05, 3.63) is 34.3 Å². The van der Waals surface area contributed by atoms with Crippen LogP contribution in [-0.4, -0.2) is 0 Å². The van der Waals surface area contributed by atoms with Gasteiger partial charge in [0.15, 0.2) is 0 Å². The number of benzene rings is 1. The molecule has 0 radical (unpaired) electrons. The van der Waals surface area contributed by atoms with Gasteiger partial charge in [0.05, 0.1) is 0 Å². The summed E-state index contributed by atoms with van der Waals surface area (Å²) in [6.07, 6.45) is 7.88. The summed E-state index contributed by atoms with van der Waals surface area (Å²) >= 11 is 5.88. The second kappa shape index (κ2) is 5.80. The van der Waals surface area contributed by atoms with Crippen molar-refractivity contribution in [3.63, 3.8) is 0 Å². The lowest BCUT2D eigenvalue weighted by Gasteiger charge is -2.14. The van der Waals surface area contributed by atoms with Crippen molar-refractivity contribution >= 4 is 11.6 Å². The Bertz CT molecular complexity index is 365. The van der Waals surface area contributed by atoms with E-state index < -0.39 is 0 Å². The number of hydrogen-bond acceptors (Lipinski definition) is 1. The van der Waals surface area contributed by atoms with Gasteiger partial charge in [-0.2, -0.15) is 0 Å². The highest BCUT2D eigenvalue weighted by Gasteiger charge is 2.08. The van der Waals surface area contributed by atoms with E-state index in [4.69, 9.17) is 23.8 Å². The molecular formula is C13H16ClN.